The average Bonchev–Trinajstić information content (AvgIpc) is 2.95. The van der Waals surface area contributed by atoms with Gasteiger partial charge in [-0.1, -0.05) is 24.3 Å². The second-order valence-electron chi connectivity index (χ2n) is 5.45. The number of hydrogen-bond donors (Lipinski definition) is 2. The molecule has 0 radical (unpaired) electrons. The van der Waals surface area contributed by atoms with Gasteiger partial charge in [0, 0.05) is 19.8 Å². The lowest BCUT2D eigenvalue weighted by atomic mass is 10.2. The number of aromatic amines is 1. The highest BCUT2D eigenvalue weighted by Gasteiger charge is 2.11. The van der Waals surface area contributed by atoms with Gasteiger partial charge in [-0.2, -0.15) is 0 Å². The molecule has 0 bridgehead atoms. The molecule has 0 fully saturated rings. The van der Waals surface area contributed by atoms with E-state index >= 15 is 0 Å². The number of imidazole rings is 1. The molecule has 0 saturated heterocycles. The molecule has 116 valence electrons. The summed E-state index contributed by atoms with van der Waals surface area (Å²) in [6.07, 6.45) is 3.79. The van der Waals surface area contributed by atoms with E-state index < -0.39 is 5.97 Å². The van der Waals surface area contributed by atoms with Gasteiger partial charge >= 0.3 is 5.97 Å². The van der Waals surface area contributed by atoms with Crippen molar-refractivity contribution in [1.29, 1.82) is 0 Å². The molecule has 0 amide bonds. The Morgan fingerprint density at radius 2 is 1.87 bits per heavy atom. The first-order chi connectivity index (χ1) is 11.0. The Kier molecular flexibility index (Phi) is 3.85. The zero-order valence-electron chi connectivity index (χ0n) is 12.9. The zero-order chi connectivity index (χ0) is 16.4. The van der Waals surface area contributed by atoms with E-state index in [4.69, 9.17) is 0 Å². The van der Waals surface area contributed by atoms with Crippen LogP contribution in [-0.4, -0.2) is 35.1 Å². The molecule has 0 saturated carbocycles. The summed E-state index contributed by atoms with van der Waals surface area (Å²) in [5.74, 6) is -0.345. The molecule has 23 heavy (non-hydrogen) atoms. The van der Waals surface area contributed by atoms with Gasteiger partial charge in [0.1, 0.15) is 11.3 Å². The molecule has 0 unspecified atom stereocenters. The minimum atomic E-state index is -0.975. The van der Waals surface area contributed by atoms with Gasteiger partial charge in [0.05, 0.1) is 11.1 Å². The van der Waals surface area contributed by atoms with Crippen molar-refractivity contribution in [1.82, 2.24) is 9.97 Å². The van der Waals surface area contributed by atoms with E-state index in [1.165, 1.54) is 0 Å². The van der Waals surface area contributed by atoms with E-state index in [0.717, 1.165) is 11.3 Å². The number of benzene rings is 2. The van der Waals surface area contributed by atoms with Crippen molar-refractivity contribution in [2.75, 3.05) is 19.0 Å². The van der Waals surface area contributed by atoms with Crippen LogP contribution in [0.1, 0.15) is 21.7 Å². The third-order valence-electron chi connectivity index (χ3n) is 3.60. The second-order valence-corrected chi connectivity index (χ2v) is 5.45. The van der Waals surface area contributed by atoms with Gasteiger partial charge in [0.25, 0.3) is 0 Å². The van der Waals surface area contributed by atoms with Crippen LogP contribution in [0.3, 0.4) is 0 Å². The molecule has 5 heteroatoms. The number of aromatic carboxylic acids is 1. The maximum absolute atomic E-state index is 11.2. The van der Waals surface area contributed by atoms with E-state index in [1.807, 2.05) is 61.5 Å². The number of fused-ring (bicyclic) bond motifs is 1. The van der Waals surface area contributed by atoms with Gasteiger partial charge in [-0.05, 0) is 35.9 Å². The predicted octanol–water partition coefficient (Wildman–Crippen LogP) is 3.50. The summed E-state index contributed by atoms with van der Waals surface area (Å²) >= 11 is 0. The van der Waals surface area contributed by atoms with Crippen LogP contribution >= 0.6 is 0 Å². The van der Waals surface area contributed by atoms with Crippen molar-refractivity contribution in [2.24, 2.45) is 0 Å². The first-order valence-corrected chi connectivity index (χ1v) is 7.22. The van der Waals surface area contributed by atoms with E-state index in [9.17, 15) is 9.90 Å². The van der Waals surface area contributed by atoms with Crippen LogP contribution in [0.4, 0.5) is 5.69 Å². The summed E-state index contributed by atoms with van der Waals surface area (Å²) in [4.78, 5) is 20.7. The number of nitrogens with zero attached hydrogens (tertiary/aromatic N) is 2. The van der Waals surface area contributed by atoms with Gasteiger partial charge < -0.3 is 15.0 Å². The van der Waals surface area contributed by atoms with Crippen molar-refractivity contribution < 1.29 is 9.90 Å². The van der Waals surface area contributed by atoms with E-state index in [-0.39, 0.29) is 5.56 Å². The molecule has 1 heterocycles. The van der Waals surface area contributed by atoms with Crippen molar-refractivity contribution in [3.63, 3.8) is 0 Å². The summed E-state index contributed by atoms with van der Waals surface area (Å²) in [5.41, 5.74) is 3.58. The minimum Gasteiger partial charge on any atom is -0.478 e. The average molecular weight is 307 g/mol. The molecule has 3 aromatic rings. The number of hydrogen-bond acceptors (Lipinski definition) is 3. The number of carbonyl (C=O) groups is 1. The van der Waals surface area contributed by atoms with Gasteiger partial charge in [-0.25, -0.2) is 9.78 Å². The van der Waals surface area contributed by atoms with Crippen molar-refractivity contribution in [3.05, 3.63) is 59.4 Å². The number of carboxylic acid groups (broad SMARTS) is 1. The van der Waals surface area contributed by atoms with Gasteiger partial charge in [-0.3, -0.25) is 0 Å². The molecular weight excluding hydrogens is 290 g/mol. The van der Waals surface area contributed by atoms with E-state index in [2.05, 4.69) is 9.97 Å². The topological polar surface area (TPSA) is 69.2 Å². The second kappa shape index (κ2) is 5.96. The summed E-state index contributed by atoms with van der Waals surface area (Å²) in [5, 5.41) is 9.19. The Morgan fingerprint density at radius 3 is 2.52 bits per heavy atom. The minimum absolute atomic E-state index is 0.203. The Bertz CT molecular complexity index is 877. The molecule has 5 nitrogen and oxygen atoms in total. The summed E-state index contributed by atoms with van der Waals surface area (Å²) in [6.45, 7) is 0. The third kappa shape index (κ3) is 3.08. The van der Waals surface area contributed by atoms with Crippen molar-refractivity contribution in [2.45, 2.75) is 0 Å². The van der Waals surface area contributed by atoms with Crippen LogP contribution in [0.2, 0.25) is 0 Å². The lowest BCUT2D eigenvalue weighted by Gasteiger charge is -2.11. The lowest BCUT2D eigenvalue weighted by molar-refractivity contribution is 0.0699. The first kappa shape index (κ1) is 14.8. The maximum atomic E-state index is 11.2. The van der Waals surface area contributed by atoms with Gasteiger partial charge in [0.15, 0.2) is 0 Å². The van der Waals surface area contributed by atoms with Crippen LogP contribution in [-0.2, 0) is 0 Å². The fourth-order valence-electron chi connectivity index (χ4n) is 2.36. The molecule has 2 aromatic carbocycles. The largest absolute Gasteiger partial charge is 0.478 e. The lowest BCUT2D eigenvalue weighted by Crippen LogP contribution is -2.07. The predicted molar refractivity (Wildman–Crippen MR) is 92.8 cm³/mol. The maximum Gasteiger partial charge on any atom is 0.337 e. The highest BCUT2D eigenvalue weighted by Crippen LogP contribution is 2.18. The molecule has 0 aliphatic rings. The van der Waals surface area contributed by atoms with Crippen LogP contribution in [0.25, 0.3) is 23.2 Å². The third-order valence-corrected chi connectivity index (χ3v) is 3.60. The Labute approximate surface area is 133 Å². The molecule has 0 spiro atoms. The highest BCUT2D eigenvalue weighted by molar-refractivity contribution is 6.01. The van der Waals surface area contributed by atoms with Crippen molar-refractivity contribution >= 4 is 34.8 Å². The highest BCUT2D eigenvalue weighted by atomic mass is 16.4. The number of rotatable bonds is 4. The van der Waals surface area contributed by atoms with Gasteiger partial charge in [-0.15, -0.1) is 0 Å². The van der Waals surface area contributed by atoms with Crippen LogP contribution in [0.15, 0.2) is 42.5 Å². The smallest absolute Gasteiger partial charge is 0.337 e. The van der Waals surface area contributed by atoms with Crippen LogP contribution in [0.5, 0.6) is 0 Å². The fraction of sp³-hybridized carbons (Fsp3) is 0.111. The first-order valence-electron chi connectivity index (χ1n) is 7.22. The van der Waals surface area contributed by atoms with Crippen LogP contribution in [0, 0.1) is 0 Å². The number of H-pyrrole nitrogens is 1. The number of para-hydroxylation sites is 1. The van der Waals surface area contributed by atoms with E-state index in [0.29, 0.717) is 16.9 Å². The molecular formula is C18H17N3O2. The quantitative estimate of drug-likeness (QED) is 0.774. The molecule has 3 rings (SSSR count). The zero-order valence-corrected chi connectivity index (χ0v) is 12.9. The Balaban J connectivity index is 1.89. The normalized spacial score (nSPS) is 11.2. The molecule has 2 N–H and O–H groups in total. The molecule has 1 aromatic heterocycles. The monoisotopic (exact) mass is 307 g/mol. The van der Waals surface area contributed by atoms with Crippen LogP contribution < -0.4 is 4.90 Å². The Morgan fingerprint density at radius 1 is 1.13 bits per heavy atom. The number of nitrogens with one attached hydrogen (secondary N) is 1. The number of carboxylic acids is 1. The molecule has 0 aliphatic heterocycles. The van der Waals surface area contributed by atoms with Gasteiger partial charge in [0.2, 0.25) is 0 Å². The van der Waals surface area contributed by atoms with E-state index in [1.54, 1.807) is 12.1 Å². The summed E-state index contributed by atoms with van der Waals surface area (Å²) in [7, 11) is 4.00. The summed E-state index contributed by atoms with van der Waals surface area (Å²) < 4.78 is 0. The molecule has 0 aliphatic carbocycles. The number of anilines is 1. The number of aromatic nitrogens is 2. The standard InChI is InChI=1S/C18H17N3O2/c1-21(2)13-9-6-12(7-10-13)8-11-16-19-15-5-3-4-14(18(22)23)17(15)20-16/h3-11H,1-2H3,(H,19,20)(H,22,23)/b11-8+. The van der Waals surface area contributed by atoms with Crippen molar-refractivity contribution in [3.8, 4) is 0 Å². The molecule has 0 atom stereocenters. The fourth-order valence-corrected chi connectivity index (χ4v) is 2.36. The summed E-state index contributed by atoms with van der Waals surface area (Å²) in [6, 6.07) is 13.2. The SMILES string of the molecule is CN(C)c1ccc(/C=C/c2nc3c(C(=O)O)cccc3[nH]2)cc1. The Hall–Kier alpha value is -3.08.